The smallest absolute Gasteiger partial charge is 0.135 e. The van der Waals surface area contributed by atoms with E-state index >= 15 is 0 Å². The molecule has 0 amide bonds. The fourth-order valence-electron chi connectivity index (χ4n) is 2.35. The monoisotopic (exact) mass is 229 g/mol. The maximum absolute atomic E-state index is 9.62. The standard InChI is InChI=1S/C14H15NO2/c16-11-7-8-15(10-11)13-5-2-1-4-12(13)14-6-3-9-17-14/h1-6,9,11,16H,7-8,10H2. The van der Waals surface area contributed by atoms with Gasteiger partial charge in [-0.25, -0.2) is 0 Å². The Hall–Kier alpha value is -1.74. The molecule has 3 nitrogen and oxygen atoms in total. The lowest BCUT2D eigenvalue weighted by Crippen LogP contribution is -2.21. The van der Waals surface area contributed by atoms with E-state index in [1.165, 1.54) is 0 Å². The second-order valence-electron chi connectivity index (χ2n) is 4.38. The molecule has 1 unspecified atom stereocenters. The van der Waals surface area contributed by atoms with Crippen LogP contribution in [0.15, 0.2) is 47.1 Å². The van der Waals surface area contributed by atoms with Gasteiger partial charge in [0.05, 0.1) is 12.4 Å². The highest BCUT2D eigenvalue weighted by molar-refractivity contribution is 5.75. The van der Waals surface area contributed by atoms with Crippen molar-refractivity contribution in [3.05, 3.63) is 42.7 Å². The first-order chi connectivity index (χ1) is 8.34. The van der Waals surface area contributed by atoms with Crippen LogP contribution in [-0.4, -0.2) is 24.3 Å². The summed E-state index contributed by atoms with van der Waals surface area (Å²) in [4.78, 5) is 2.21. The maximum atomic E-state index is 9.62. The van der Waals surface area contributed by atoms with E-state index in [1.807, 2.05) is 24.3 Å². The molecule has 0 saturated carbocycles. The zero-order valence-corrected chi connectivity index (χ0v) is 9.54. The van der Waals surface area contributed by atoms with Gasteiger partial charge < -0.3 is 14.4 Å². The normalized spacial score (nSPS) is 19.8. The highest BCUT2D eigenvalue weighted by Gasteiger charge is 2.22. The molecule has 1 atom stereocenters. The van der Waals surface area contributed by atoms with Crippen molar-refractivity contribution in [1.82, 2.24) is 0 Å². The van der Waals surface area contributed by atoms with Crippen molar-refractivity contribution >= 4 is 5.69 Å². The van der Waals surface area contributed by atoms with Gasteiger partial charge in [0.1, 0.15) is 5.76 Å². The quantitative estimate of drug-likeness (QED) is 0.859. The van der Waals surface area contributed by atoms with Gasteiger partial charge in [-0.1, -0.05) is 12.1 Å². The van der Waals surface area contributed by atoms with Crippen LogP contribution in [0, 0.1) is 0 Å². The van der Waals surface area contributed by atoms with Gasteiger partial charge in [0.2, 0.25) is 0 Å². The molecule has 1 aliphatic rings. The molecule has 1 fully saturated rings. The first-order valence-electron chi connectivity index (χ1n) is 5.90. The summed E-state index contributed by atoms with van der Waals surface area (Å²) < 4.78 is 5.46. The molecule has 0 spiro atoms. The molecule has 88 valence electrons. The van der Waals surface area contributed by atoms with Crippen LogP contribution in [0.2, 0.25) is 0 Å². The third-order valence-electron chi connectivity index (χ3n) is 3.19. The Kier molecular flexibility index (Phi) is 2.61. The third-order valence-corrected chi connectivity index (χ3v) is 3.19. The molecule has 17 heavy (non-hydrogen) atoms. The predicted octanol–water partition coefficient (Wildman–Crippen LogP) is 2.52. The van der Waals surface area contributed by atoms with Crippen molar-refractivity contribution in [1.29, 1.82) is 0 Å². The fraction of sp³-hybridized carbons (Fsp3) is 0.286. The van der Waals surface area contributed by atoms with Crippen LogP contribution < -0.4 is 4.90 Å². The molecule has 1 aromatic carbocycles. The second kappa shape index (κ2) is 4.26. The van der Waals surface area contributed by atoms with E-state index in [0.717, 1.165) is 30.0 Å². The van der Waals surface area contributed by atoms with Gasteiger partial charge >= 0.3 is 0 Å². The summed E-state index contributed by atoms with van der Waals surface area (Å²) in [5.74, 6) is 0.877. The highest BCUT2D eigenvalue weighted by atomic mass is 16.3. The van der Waals surface area contributed by atoms with Crippen LogP contribution in [0.4, 0.5) is 5.69 Å². The van der Waals surface area contributed by atoms with Crippen LogP contribution in [0.5, 0.6) is 0 Å². The van der Waals surface area contributed by atoms with E-state index in [9.17, 15) is 5.11 Å². The summed E-state index contributed by atoms with van der Waals surface area (Å²) in [6.07, 6.45) is 2.32. The minimum Gasteiger partial charge on any atom is -0.464 e. The molecule has 1 saturated heterocycles. The van der Waals surface area contributed by atoms with Crippen LogP contribution in [0.25, 0.3) is 11.3 Å². The lowest BCUT2D eigenvalue weighted by molar-refractivity contribution is 0.198. The number of hydrogen-bond acceptors (Lipinski definition) is 3. The number of β-amino-alcohol motifs (C(OH)–C–C–N with tert-alkyl or cyclic N) is 1. The molecule has 3 rings (SSSR count). The summed E-state index contributed by atoms with van der Waals surface area (Å²) in [5.41, 5.74) is 2.23. The average molecular weight is 229 g/mol. The number of furan rings is 1. The van der Waals surface area contributed by atoms with Crippen LogP contribution in [-0.2, 0) is 0 Å². The molecule has 3 heteroatoms. The minimum absolute atomic E-state index is 0.209. The topological polar surface area (TPSA) is 36.6 Å². The van der Waals surface area contributed by atoms with Crippen molar-refractivity contribution in [2.24, 2.45) is 0 Å². The SMILES string of the molecule is OC1CCN(c2ccccc2-c2ccco2)C1. The molecule has 2 aromatic rings. The van der Waals surface area contributed by atoms with Crippen molar-refractivity contribution in [2.75, 3.05) is 18.0 Å². The molecule has 2 heterocycles. The Morgan fingerprint density at radius 1 is 1.18 bits per heavy atom. The van der Waals surface area contributed by atoms with Crippen LogP contribution in [0.3, 0.4) is 0 Å². The van der Waals surface area contributed by atoms with E-state index < -0.39 is 0 Å². The van der Waals surface area contributed by atoms with E-state index in [4.69, 9.17) is 4.42 Å². The molecule has 0 bridgehead atoms. The fourth-order valence-corrected chi connectivity index (χ4v) is 2.35. The van der Waals surface area contributed by atoms with Gasteiger partial charge in [-0.2, -0.15) is 0 Å². The number of para-hydroxylation sites is 1. The Balaban J connectivity index is 1.99. The second-order valence-corrected chi connectivity index (χ2v) is 4.38. The van der Waals surface area contributed by atoms with Crippen LogP contribution >= 0.6 is 0 Å². The van der Waals surface area contributed by atoms with E-state index in [0.29, 0.717) is 6.54 Å². The zero-order valence-electron chi connectivity index (χ0n) is 9.54. The van der Waals surface area contributed by atoms with Gasteiger partial charge in [0, 0.05) is 24.3 Å². The van der Waals surface area contributed by atoms with E-state index in [1.54, 1.807) is 6.26 Å². The van der Waals surface area contributed by atoms with Gasteiger partial charge in [-0.05, 0) is 30.7 Å². The lowest BCUT2D eigenvalue weighted by atomic mass is 10.1. The molecule has 1 aromatic heterocycles. The van der Waals surface area contributed by atoms with Gasteiger partial charge in [0.25, 0.3) is 0 Å². The number of nitrogens with zero attached hydrogens (tertiary/aromatic N) is 1. The molecule has 0 aliphatic carbocycles. The van der Waals surface area contributed by atoms with Crippen molar-refractivity contribution in [3.63, 3.8) is 0 Å². The Bertz CT molecular complexity index is 493. The third kappa shape index (κ3) is 1.94. The molecule has 1 N–H and O–H groups in total. The van der Waals surface area contributed by atoms with Gasteiger partial charge in [-0.3, -0.25) is 0 Å². The molecular formula is C14H15NO2. The summed E-state index contributed by atoms with van der Waals surface area (Å²) >= 11 is 0. The predicted molar refractivity (Wildman–Crippen MR) is 67.0 cm³/mol. The summed E-state index contributed by atoms with van der Waals surface area (Å²) in [6, 6.07) is 12.0. The highest BCUT2D eigenvalue weighted by Crippen LogP contribution is 2.32. The molecular weight excluding hydrogens is 214 g/mol. The average Bonchev–Trinajstić information content (AvgIpc) is 3.00. The Morgan fingerprint density at radius 3 is 2.76 bits per heavy atom. The summed E-state index contributed by atoms with van der Waals surface area (Å²) in [5, 5.41) is 9.62. The number of rotatable bonds is 2. The van der Waals surface area contributed by atoms with Crippen molar-refractivity contribution in [2.45, 2.75) is 12.5 Å². The first-order valence-corrected chi connectivity index (χ1v) is 5.90. The summed E-state index contributed by atoms with van der Waals surface area (Å²) in [6.45, 7) is 1.61. The van der Waals surface area contributed by atoms with E-state index in [2.05, 4.69) is 17.0 Å². The number of aliphatic hydroxyl groups is 1. The number of benzene rings is 1. The molecule has 1 aliphatic heterocycles. The van der Waals surface area contributed by atoms with Crippen molar-refractivity contribution < 1.29 is 9.52 Å². The summed E-state index contributed by atoms with van der Waals surface area (Å²) in [7, 11) is 0. The van der Waals surface area contributed by atoms with Gasteiger partial charge in [-0.15, -0.1) is 0 Å². The lowest BCUT2D eigenvalue weighted by Gasteiger charge is -2.20. The Morgan fingerprint density at radius 2 is 2.06 bits per heavy atom. The number of aliphatic hydroxyl groups excluding tert-OH is 1. The number of hydrogen-bond donors (Lipinski definition) is 1. The molecule has 0 radical (unpaired) electrons. The van der Waals surface area contributed by atoms with Crippen molar-refractivity contribution in [3.8, 4) is 11.3 Å². The minimum atomic E-state index is -0.209. The Labute approximate surface area is 100 Å². The van der Waals surface area contributed by atoms with Gasteiger partial charge in [0.15, 0.2) is 0 Å². The van der Waals surface area contributed by atoms with Crippen LogP contribution in [0.1, 0.15) is 6.42 Å². The largest absolute Gasteiger partial charge is 0.464 e. The first kappa shape index (κ1) is 10.4. The maximum Gasteiger partial charge on any atom is 0.135 e. The number of anilines is 1. The van der Waals surface area contributed by atoms with E-state index in [-0.39, 0.29) is 6.10 Å². The zero-order chi connectivity index (χ0) is 11.7.